The smallest absolute Gasteiger partial charge is 0.309 e. The summed E-state index contributed by atoms with van der Waals surface area (Å²) in [6.45, 7) is 3.05. The predicted octanol–water partition coefficient (Wildman–Crippen LogP) is 1.19. The van der Waals surface area contributed by atoms with E-state index in [0.29, 0.717) is 13.1 Å². The van der Waals surface area contributed by atoms with E-state index in [9.17, 15) is 9.59 Å². The lowest BCUT2D eigenvalue weighted by Crippen LogP contribution is -2.41. The highest BCUT2D eigenvalue weighted by molar-refractivity contribution is 6.35. The molecular weight excluding hydrogens is 268 g/mol. The quantitative estimate of drug-likeness (QED) is 0.497. The van der Waals surface area contributed by atoms with Gasteiger partial charge >= 0.3 is 11.8 Å². The van der Waals surface area contributed by atoms with E-state index in [0.717, 1.165) is 24.8 Å². The number of aliphatic hydroxyl groups is 1. The summed E-state index contributed by atoms with van der Waals surface area (Å²) < 4.78 is 0. The third-order valence-corrected chi connectivity index (χ3v) is 3.26. The maximum absolute atomic E-state index is 11.6. The first-order valence-corrected chi connectivity index (χ1v) is 7.37. The van der Waals surface area contributed by atoms with Crippen molar-refractivity contribution in [1.82, 2.24) is 10.6 Å². The molecule has 0 saturated carbocycles. The molecule has 0 aliphatic heterocycles. The van der Waals surface area contributed by atoms with Crippen LogP contribution in [-0.4, -0.2) is 36.6 Å². The van der Waals surface area contributed by atoms with Crippen molar-refractivity contribution in [2.24, 2.45) is 0 Å². The Labute approximate surface area is 125 Å². The lowest BCUT2D eigenvalue weighted by Gasteiger charge is -2.12. The van der Waals surface area contributed by atoms with Crippen LogP contribution < -0.4 is 10.6 Å². The molecule has 0 spiro atoms. The normalized spacial score (nSPS) is 11.7. The van der Waals surface area contributed by atoms with Crippen molar-refractivity contribution in [2.45, 2.75) is 32.1 Å². The molecule has 0 bridgehead atoms. The molecule has 0 aliphatic carbocycles. The summed E-state index contributed by atoms with van der Waals surface area (Å²) in [7, 11) is 0. The Bertz CT molecular complexity index is 434. The summed E-state index contributed by atoms with van der Waals surface area (Å²) in [5.41, 5.74) is 1.13. The number of rotatable bonds is 8. The molecule has 5 heteroatoms. The minimum absolute atomic E-state index is 0.159. The molecule has 2 amide bonds. The van der Waals surface area contributed by atoms with Crippen LogP contribution in [0.1, 0.15) is 37.7 Å². The van der Waals surface area contributed by atoms with E-state index in [1.165, 1.54) is 0 Å². The maximum Gasteiger partial charge on any atom is 0.309 e. The van der Waals surface area contributed by atoms with Gasteiger partial charge < -0.3 is 15.7 Å². The van der Waals surface area contributed by atoms with Crippen LogP contribution in [0.2, 0.25) is 0 Å². The van der Waals surface area contributed by atoms with E-state index < -0.39 is 11.8 Å². The molecule has 116 valence electrons. The standard InChI is InChI=1S/C16H24N2O3/c1-13(14-8-4-2-5-9-14)12-18-16(21)15(20)17-10-6-3-7-11-19/h2,4-5,8-9,13,19H,3,6-7,10-12H2,1H3,(H,17,20)(H,18,21)/t13-/m1/s1. The number of carbonyl (C=O) groups excluding carboxylic acids is 2. The van der Waals surface area contributed by atoms with E-state index in [4.69, 9.17) is 5.11 Å². The van der Waals surface area contributed by atoms with Gasteiger partial charge in [0.1, 0.15) is 0 Å². The largest absolute Gasteiger partial charge is 0.396 e. The molecule has 1 atom stereocenters. The number of unbranched alkanes of at least 4 members (excludes halogenated alkanes) is 2. The van der Waals surface area contributed by atoms with E-state index in [2.05, 4.69) is 10.6 Å². The van der Waals surface area contributed by atoms with Crippen molar-refractivity contribution < 1.29 is 14.7 Å². The van der Waals surface area contributed by atoms with Crippen LogP contribution in [0, 0.1) is 0 Å². The second-order valence-corrected chi connectivity index (χ2v) is 5.06. The Morgan fingerprint density at radius 3 is 2.38 bits per heavy atom. The molecule has 0 unspecified atom stereocenters. The van der Waals surface area contributed by atoms with Crippen LogP contribution >= 0.6 is 0 Å². The molecule has 1 aromatic carbocycles. The van der Waals surface area contributed by atoms with E-state index in [1.54, 1.807) is 0 Å². The van der Waals surface area contributed by atoms with Gasteiger partial charge in [0.15, 0.2) is 0 Å². The molecule has 5 nitrogen and oxygen atoms in total. The zero-order chi connectivity index (χ0) is 15.5. The van der Waals surface area contributed by atoms with Crippen molar-refractivity contribution in [3.05, 3.63) is 35.9 Å². The third kappa shape index (κ3) is 6.90. The molecule has 21 heavy (non-hydrogen) atoms. The second-order valence-electron chi connectivity index (χ2n) is 5.06. The van der Waals surface area contributed by atoms with Crippen molar-refractivity contribution in [2.75, 3.05) is 19.7 Å². The van der Waals surface area contributed by atoms with Crippen molar-refractivity contribution in [3.8, 4) is 0 Å². The lowest BCUT2D eigenvalue weighted by molar-refractivity contribution is -0.139. The molecule has 3 N–H and O–H groups in total. The Morgan fingerprint density at radius 1 is 1.05 bits per heavy atom. The van der Waals surface area contributed by atoms with Crippen LogP contribution in [0.15, 0.2) is 30.3 Å². The van der Waals surface area contributed by atoms with Gasteiger partial charge in [-0.15, -0.1) is 0 Å². The van der Waals surface area contributed by atoms with Gasteiger partial charge in [0.05, 0.1) is 0 Å². The zero-order valence-electron chi connectivity index (χ0n) is 12.5. The van der Waals surface area contributed by atoms with Crippen molar-refractivity contribution in [1.29, 1.82) is 0 Å². The summed E-state index contributed by atoms with van der Waals surface area (Å²) in [6.07, 6.45) is 2.32. The first-order valence-electron chi connectivity index (χ1n) is 7.37. The van der Waals surface area contributed by atoms with Gasteiger partial charge in [0, 0.05) is 19.7 Å². The van der Waals surface area contributed by atoms with Gasteiger partial charge in [-0.3, -0.25) is 9.59 Å². The lowest BCUT2D eigenvalue weighted by atomic mass is 10.0. The Balaban J connectivity index is 2.22. The molecule has 0 aliphatic rings. The highest BCUT2D eigenvalue weighted by atomic mass is 16.3. The summed E-state index contributed by atoms with van der Waals surface area (Å²) in [5, 5.41) is 13.8. The number of nitrogens with one attached hydrogen (secondary N) is 2. The highest BCUT2D eigenvalue weighted by Crippen LogP contribution is 2.12. The fourth-order valence-electron chi connectivity index (χ4n) is 1.92. The van der Waals surface area contributed by atoms with Crippen molar-refractivity contribution >= 4 is 11.8 Å². The number of hydrogen-bond acceptors (Lipinski definition) is 3. The molecule has 0 radical (unpaired) electrons. The van der Waals surface area contributed by atoms with Crippen LogP contribution in [-0.2, 0) is 9.59 Å². The Hall–Kier alpha value is -1.88. The SMILES string of the molecule is C[C@H](CNC(=O)C(=O)NCCCCCO)c1ccccc1. The number of hydrogen-bond donors (Lipinski definition) is 3. The van der Waals surface area contributed by atoms with Gasteiger partial charge in [-0.25, -0.2) is 0 Å². The first kappa shape index (κ1) is 17.2. The van der Waals surface area contributed by atoms with Gasteiger partial charge in [0.25, 0.3) is 0 Å². The Kier molecular flexibility index (Phi) is 8.12. The van der Waals surface area contributed by atoms with Crippen LogP contribution in [0.25, 0.3) is 0 Å². The fourth-order valence-corrected chi connectivity index (χ4v) is 1.92. The minimum atomic E-state index is -0.598. The molecular formula is C16H24N2O3. The predicted molar refractivity (Wildman–Crippen MR) is 81.8 cm³/mol. The van der Waals surface area contributed by atoms with Gasteiger partial charge in [-0.2, -0.15) is 0 Å². The Morgan fingerprint density at radius 2 is 1.71 bits per heavy atom. The van der Waals surface area contributed by atoms with Crippen molar-refractivity contribution in [3.63, 3.8) is 0 Å². The number of benzene rings is 1. The monoisotopic (exact) mass is 292 g/mol. The van der Waals surface area contributed by atoms with Crippen LogP contribution in [0.5, 0.6) is 0 Å². The van der Waals surface area contributed by atoms with E-state index in [1.807, 2.05) is 37.3 Å². The number of carbonyl (C=O) groups is 2. The van der Waals surface area contributed by atoms with E-state index in [-0.39, 0.29) is 12.5 Å². The topological polar surface area (TPSA) is 78.4 Å². The second kappa shape index (κ2) is 9.94. The molecule has 0 aromatic heterocycles. The van der Waals surface area contributed by atoms with Crippen LogP contribution in [0.3, 0.4) is 0 Å². The summed E-state index contributed by atoms with van der Waals surface area (Å²) in [4.78, 5) is 23.2. The fraction of sp³-hybridized carbons (Fsp3) is 0.500. The summed E-state index contributed by atoms with van der Waals surface area (Å²) in [6, 6.07) is 9.84. The van der Waals surface area contributed by atoms with Gasteiger partial charge in [0.2, 0.25) is 0 Å². The molecule has 1 rings (SSSR count). The van der Waals surface area contributed by atoms with E-state index >= 15 is 0 Å². The molecule has 0 heterocycles. The third-order valence-electron chi connectivity index (χ3n) is 3.26. The number of aliphatic hydroxyl groups excluding tert-OH is 1. The summed E-state index contributed by atoms with van der Waals surface area (Å²) in [5.74, 6) is -1.04. The number of amides is 2. The molecule has 1 aromatic rings. The molecule has 0 fully saturated rings. The average molecular weight is 292 g/mol. The molecule has 0 saturated heterocycles. The van der Waals surface area contributed by atoms with Crippen LogP contribution in [0.4, 0.5) is 0 Å². The average Bonchev–Trinajstić information content (AvgIpc) is 2.52. The summed E-state index contributed by atoms with van der Waals surface area (Å²) >= 11 is 0. The minimum Gasteiger partial charge on any atom is -0.396 e. The maximum atomic E-state index is 11.6. The van der Waals surface area contributed by atoms with Gasteiger partial charge in [-0.05, 0) is 30.7 Å². The zero-order valence-corrected chi connectivity index (χ0v) is 12.5. The highest BCUT2D eigenvalue weighted by Gasteiger charge is 2.14. The first-order chi connectivity index (χ1) is 10.1. The van der Waals surface area contributed by atoms with Gasteiger partial charge in [-0.1, -0.05) is 37.3 Å².